The maximum Gasteiger partial charge on any atom is 0.0701 e. The third-order valence-corrected chi connectivity index (χ3v) is 4.56. The summed E-state index contributed by atoms with van der Waals surface area (Å²) in [6, 6.07) is 12.2. The van der Waals surface area contributed by atoms with Gasteiger partial charge in [-0.3, -0.25) is 0 Å². The second-order valence-corrected chi connectivity index (χ2v) is 6.88. The summed E-state index contributed by atoms with van der Waals surface area (Å²) in [6.45, 7) is 0.635. The minimum absolute atomic E-state index is 0.333. The van der Waals surface area contributed by atoms with Crippen LogP contribution in [0.25, 0.3) is 0 Å². The number of benzene rings is 1. The summed E-state index contributed by atoms with van der Waals surface area (Å²) in [5, 5.41) is 0.772. The Morgan fingerprint density at radius 2 is 2.12 bits per heavy atom. The van der Waals surface area contributed by atoms with Gasteiger partial charge in [0.15, 0.2) is 0 Å². The molecule has 1 aromatic carbocycles. The number of nitrogens with two attached hydrogens (primary N) is 1. The van der Waals surface area contributed by atoms with Crippen molar-refractivity contribution in [3.8, 4) is 0 Å². The van der Waals surface area contributed by atoms with Crippen LogP contribution in [0.2, 0.25) is 5.02 Å². The molecule has 0 aliphatic rings. The van der Waals surface area contributed by atoms with E-state index < -0.39 is 0 Å². The molecule has 0 radical (unpaired) electrons. The Kier molecular flexibility index (Phi) is 4.62. The lowest BCUT2D eigenvalue weighted by atomic mass is 9.95. The molecule has 2 aromatic rings. The third-order valence-electron chi connectivity index (χ3n) is 2.68. The van der Waals surface area contributed by atoms with E-state index in [4.69, 9.17) is 17.3 Å². The molecule has 0 fully saturated rings. The maximum absolute atomic E-state index is 6.01. The molecule has 1 unspecified atom stereocenters. The highest BCUT2D eigenvalue weighted by atomic mass is 79.9. The molecule has 0 saturated carbocycles. The molecule has 0 aliphatic carbocycles. The first-order valence-electron chi connectivity index (χ1n) is 5.39. The van der Waals surface area contributed by atoms with Gasteiger partial charge in [-0.05, 0) is 58.7 Å². The Balaban J connectivity index is 2.16. The molecule has 0 saturated heterocycles. The smallest absolute Gasteiger partial charge is 0.0701 e. The average molecular weight is 331 g/mol. The molecule has 1 nitrogen and oxygen atoms in total. The number of thiophene rings is 1. The fraction of sp³-hybridized carbons (Fsp3) is 0.231. The van der Waals surface area contributed by atoms with Crippen molar-refractivity contribution in [2.45, 2.75) is 12.3 Å². The van der Waals surface area contributed by atoms with Gasteiger partial charge in [0, 0.05) is 15.8 Å². The molecule has 1 atom stereocenters. The zero-order valence-corrected chi connectivity index (χ0v) is 12.4. The second-order valence-electron chi connectivity index (χ2n) is 3.90. The lowest BCUT2D eigenvalue weighted by Gasteiger charge is -2.14. The van der Waals surface area contributed by atoms with Crippen molar-refractivity contribution in [3.63, 3.8) is 0 Å². The lowest BCUT2D eigenvalue weighted by molar-refractivity contribution is 0.701. The molecule has 17 heavy (non-hydrogen) atoms. The van der Waals surface area contributed by atoms with E-state index in [1.807, 2.05) is 18.2 Å². The van der Waals surface area contributed by atoms with Gasteiger partial charge in [-0.25, -0.2) is 0 Å². The highest BCUT2D eigenvalue weighted by Crippen LogP contribution is 2.28. The molecule has 1 aromatic heterocycles. The van der Waals surface area contributed by atoms with E-state index >= 15 is 0 Å². The summed E-state index contributed by atoms with van der Waals surface area (Å²) in [4.78, 5) is 1.34. The molecular weight excluding hydrogens is 318 g/mol. The topological polar surface area (TPSA) is 26.0 Å². The fourth-order valence-corrected chi connectivity index (χ4v) is 3.56. The van der Waals surface area contributed by atoms with Crippen molar-refractivity contribution >= 4 is 38.9 Å². The predicted molar refractivity (Wildman–Crippen MR) is 79.0 cm³/mol. The number of hydrogen-bond acceptors (Lipinski definition) is 2. The highest BCUT2D eigenvalue weighted by Gasteiger charge is 2.12. The molecule has 2 rings (SSSR count). The summed E-state index contributed by atoms with van der Waals surface area (Å²) in [7, 11) is 0. The molecule has 0 amide bonds. The van der Waals surface area contributed by atoms with E-state index in [0.717, 1.165) is 15.2 Å². The van der Waals surface area contributed by atoms with Gasteiger partial charge >= 0.3 is 0 Å². The molecule has 0 spiro atoms. The van der Waals surface area contributed by atoms with Gasteiger partial charge in [-0.15, -0.1) is 11.3 Å². The van der Waals surface area contributed by atoms with Crippen molar-refractivity contribution in [2.24, 2.45) is 5.73 Å². The van der Waals surface area contributed by atoms with Crippen LogP contribution in [0.5, 0.6) is 0 Å². The second kappa shape index (κ2) is 6.01. The summed E-state index contributed by atoms with van der Waals surface area (Å²) in [6.07, 6.45) is 0.965. The number of halogens is 2. The van der Waals surface area contributed by atoms with E-state index in [0.29, 0.717) is 12.5 Å². The predicted octanol–water partition coefficient (Wildman–Crippen LogP) is 4.45. The fourth-order valence-electron chi connectivity index (χ4n) is 1.80. The molecule has 0 bridgehead atoms. The Morgan fingerprint density at radius 3 is 2.71 bits per heavy atom. The first-order chi connectivity index (χ1) is 8.19. The summed E-state index contributed by atoms with van der Waals surface area (Å²) in [5.74, 6) is 0.333. The van der Waals surface area contributed by atoms with Crippen LogP contribution in [0, 0.1) is 0 Å². The van der Waals surface area contributed by atoms with Crippen LogP contribution in [-0.4, -0.2) is 6.54 Å². The molecule has 0 aliphatic heterocycles. The van der Waals surface area contributed by atoms with Crippen LogP contribution in [0.15, 0.2) is 40.2 Å². The van der Waals surface area contributed by atoms with Crippen LogP contribution >= 0.6 is 38.9 Å². The van der Waals surface area contributed by atoms with Crippen LogP contribution in [0.1, 0.15) is 16.4 Å². The Labute approximate surface area is 119 Å². The average Bonchev–Trinajstić information content (AvgIpc) is 2.72. The van der Waals surface area contributed by atoms with Crippen LogP contribution < -0.4 is 5.73 Å². The Bertz CT molecular complexity index is 498. The van der Waals surface area contributed by atoms with Gasteiger partial charge in [-0.1, -0.05) is 23.7 Å². The monoisotopic (exact) mass is 329 g/mol. The Morgan fingerprint density at radius 1 is 1.29 bits per heavy atom. The van der Waals surface area contributed by atoms with Crippen LogP contribution in [-0.2, 0) is 6.42 Å². The lowest BCUT2D eigenvalue weighted by Crippen LogP contribution is -2.14. The van der Waals surface area contributed by atoms with Gasteiger partial charge in [0.1, 0.15) is 0 Å². The normalized spacial score (nSPS) is 12.6. The quantitative estimate of drug-likeness (QED) is 0.880. The van der Waals surface area contributed by atoms with Crippen molar-refractivity contribution in [2.75, 3.05) is 6.54 Å². The minimum atomic E-state index is 0.333. The van der Waals surface area contributed by atoms with E-state index in [9.17, 15) is 0 Å². The molecule has 4 heteroatoms. The Hall–Kier alpha value is -0.350. The van der Waals surface area contributed by atoms with E-state index in [1.165, 1.54) is 10.4 Å². The summed E-state index contributed by atoms with van der Waals surface area (Å²) >= 11 is 11.2. The first kappa shape index (κ1) is 13.1. The van der Waals surface area contributed by atoms with Crippen molar-refractivity contribution in [1.82, 2.24) is 0 Å². The molecule has 1 heterocycles. The summed E-state index contributed by atoms with van der Waals surface area (Å²) in [5.41, 5.74) is 7.07. The van der Waals surface area contributed by atoms with E-state index in [-0.39, 0.29) is 0 Å². The zero-order chi connectivity index (χ0) is 12.3. The van der Waals surface area contributed by atoms with Crippen molar-refractivity contribution in [3.05, 3.63) is 55.6 Å². The standard InChI is InChI=1S/C13H13BrClNS/c14-13-5-4-12(17-13)7-10(8-16)9-2-1-3-11(15)6-9/h1-6,10H,7-8,16H2. The van der Waals surface area contributed by atoms with Crippen LogP contribution in [0.4, 0.5) is 0 Å². The molecular formula is C13H13BrClNS. The largest absolute Gasteiger partial charge is 0.330 e. The van der Waals surface area contributed by atoms with Crippen molar-refractivity contribution in [1.29, 1.82) is 0 Å². The SMILES string of the molecule is NCC(Cc1ccc(Br)s1)c1cccc(Cl)c1. The highest BCUT2D eigenvalue weighted by molar-refractivity contribution is 9.11. The van der Waals surface area contributed by atoms with Crippen LogP contribution in [0.3, 0.4) is 0 Å². The number of rotatable bonds is 4. The van der Waals surface area contributed by atoms with Gasteiger partial charge in [0.25, 0.3) is 0 Å². The first-order valence-corrected chi connectivity index (χ1v) is 7.37. The van der Waals surface area contributed by atoms with E-state index in [1.54, 1.807) is 11.3 Å². The minimum Gasteiger partial charge on any atom is -0.330 e. The van der Waals surface area contributed by atoms with Crippen molar-refractivity contribution < 1.29 is 0 Å². The maximum atomic E-state index is 6.01. The van der Waals surface area contributed by atoms with Gasteiger partial charge < -0.3 is 5.73 Å². The number of hydrogen-bond donors (Lipinski definition) is 1. The zero-order valence-electron chi connectivity index (χ0n) is 9.20. The molecule has 90 valence electrons. The van der Waals surface area contributed by atoms with Gasteiger partial charge in [0.2, 0.25) is 0 Å². The summed E-state index contributed by atoms with van der Waals surface area (Å²) < 4.78 is 1.16. The molecule has 2 N–H and O–H groups in total. The van der Waals surface area contributed by atoms with Gasteiger partial charge in [0.05, 0.1) is 3.79 Å². The van der Waals surface area contributed by atoms with E-state index in [2.05, 4.69) is 34.1 Å². The van der Waals surface area contributed by atoms with Gasteiger partial charge in [-0.2, -0.15) is 0 Å². The third kappa shape index (κ3) is 3.55.